The molecule has 0 aliphatic heterocycles. The molecule has 0 spiro atoms. The number of rotatable bonds is 7. The number of hydrogen-bond acceptors (Lipinski definition) is 5. The number of aryl methyl sites for hydroxylation is 1. The van der Waals surface area contributed by atoms with Gasteiger partial charge in [-0.15, -0.1) is 0 Å². The Balaban J connectivity index is 1.76. The van der Waals surface area contributed by atoms with Crippen molar-refractivity contribution in [2.24, 2.45) is 0 Å². The van der Waals surface area contributed by atoms with Crippen molar-refractivity contribution >= 4 is 5.97 Å². The second-order valence-electron chi connectivity index (χ2n) is 6.12. The Hall–Kier alpha value is -2.27. The van der Waals surface area contributed by atoms with Crippen molar-refractivity contribution in [1.82, 2.24) is 4.90 Å². The van der Waals surface area contributed by atoms with Crippen molar-refractivity contribution < 1.29 is 18.7 Å². The van der Waals surface area contributed by atoms with Crippen LogP contribution in [-0.4, -0.2) is 31.1 Å². The zero-order valence-corrected chi connectivity index (χ0v) is 14.4. The van der Waals surface area contributed by atoms with Crippen LogP contribution in [0.2, 0.25) is 0 Å². The third-order valence-electron chi connectivity index (χ3n) is 4.36. The number of ether oxygens (including phenoxy) is 2. The predicted octanol–water partition coefficient (Wildman–Crippen LogP) is 3.55. The Labute approximate surface area is 142 Å². The first kappa shape index (κ1) is 16.6. The smallest absolute Gasteiger partial charge is 0.341 e. The highest BCUT2D eigenvalue weighted by molar-refractivity contribution is 5.90. The van der Waals surface area contributed by atoms with Crippen LogP contribution in [0.1, 0.15) is 40.3 Å². The Morgan fingerprint density at radius 2 is 2.00 bits per heavy atom. The van der Waals surface area contributed by atoms with E-state index in [1.165, 1.54) is 20.0 Å². The van der Waals surface area contributed by atoms with Gasteiger partial charge in [-0.2, -0.15) is 0 Å². The zero-order chi connectivity index (χ0) is 17.1. The average molecular weight is 329 g/mol. The maximum absolute atomic E-state index is 11.7. The van der Waals surface area contributed by atoms with E-state index in [1.54, 1.807) is 20.1 Å². The first-order chi connectivity index (χ1) is 11.6. The van der Waals surface area contributed by atoms with E-state index >= 15 is 0 Å². The van der Waals surface area contributed by atoms with E-state index in [1.807, 2.05) is 18.2 Å². The minimum Gasteiger partial charge on any atom is -0.496 e. The highest BCUT2D eigenvalue weighted by Gasteiger charge is 2.30. The molecule has 1 aliphatic rings. The van der Waals surface area contributed by atoms with Crippen LogP contribution in [0.15, 0.2) is 34.7 Å². The quantitative estimate of drug-likeness (QED) is 0.727. The van der Waals surface area contributed by atoms with E-state index in [9.17, 15) is 4.79 Å². The van der Waals surface area contributed by atoms with Crippen LogP contribution < -0.4 is 4.74 Å². The fourth-order valence-electron chi connectivity index (χ4n) is 2.94. The molecule has 5 nitrogen and oxygen atoms in total. The SMILES string of the molecule is COC(=O)c1cc(CN(Cc2ccccc2OC)C2CC2)oc1C. The number of esters is 1. The molecule has 0 bridgehead atoms. The highest BCUT2D eigenvalue weighted by Crippen LogP contribution is 2.32. The number of benzene rings is 1. The molecular weight excluding hydrogens is 306 g/mol. The van der Waals surface area contributed by atoms with Crippen LogP contribution in [0.4, 0.5) is 0 Å². The summed E-state index contributed by atoms with van der Waals surface area (Å²) in [4.78, 5) is 14.1. The number of hydrogen-bond donors (Lipinski definition) is 0. The van der Waals surface area contributed by atoms with Crippen LogP contribution in [0.5, 0.6) is 5.75 Å². The highest BCUT2D eigenvalue weighted by atomic mass is 16.5. The lowest BCUT2D eigenvalue weighted by Gasteiger charge is -2.22. The third kappa shape index (κ3) is 3.62. The molecular formula is C19H23NO4. The van der Waals surface area contributed by atoms with Gasteiger partial charge in [0.25, 0.3) is 0 Å². The maximum atomic E-state index is 11.7. The van der Waals surface area contributed by atoms with E-state index in [4.69, 9.17) is 13.9 Å². The summed E-state index contributed by atoms with van der Waals surface area (Å²) in [6, 6.07) is 10.4. The van der Waals surface area contributed by atoms with Gasteiger partial charge in [-0.25, -0.2) is 4.79 Å². The summed E-state index contributed by atoms with van der Waals surface area (Å²) in [6.45, 7) is 3.25. The van der Waals surface area contributed by atoms with Gasteiger partial charge in [-0.1, -0.05) is 18.2 Å². The molecule has 0 unspecified atom stereocenters. The van der Waals surface area contributed by atoms with Crippen LogP contribution >= 0.6 is 0 Å². The largest absolute Gasteiger partial charge is 0.496 e. The monoisotopic (exact) mass is 329 g/mol. The van der Waals surface area contributed by atoms with Crippen LogP contribution in [-0.2, 0) is 17.8 Å². The van der Waals surface area contributed by atoms with Crippen LogP contribution in [0, 0.1) is 6.92 Å². The number of para-hydroxylation sites is 1. The van der Waals surface area contributed by atoms with Crippen molar-refractivity contribution in [3.8, 4) is 5.75 Å². The van der Waals surface area contributed by atoms with E-state index in [0.717, 1.165) is 23.6 Å². The minimum atomic E-state index is -0.356. The van der Waals surface area contributed by atoms with Crippen molar-refractivity contribution in [2.75, 3.05) is 14.2 Å². The molecule has 5 heteroatoms. The summed E-state index contributed by atoms with van der Waals surface area (Å²) in [5, 5.41) is 0. The zero-order valence-electron chi connectivity index (χ0n) is 14.4. The molecule has 128 valence electrons. The predicted molar refractivity (Wildman–Crippen MR) is 90.0 cm³/mol. The lowest BCUT2D eigenvalue weighted by molar-refractivity contribution is 0.0599. The lowest BCUT2D eigenvalue weighted by Crippen LogP contribution is -2.25. The molecule has 1 aromatic carbocycles. The molecule has 24 heavy (non-hydrogen) atoms. The van der Waals surface area contributed by atoms with Gasteiger partial charge in [0.15, 0.2) is 0 Å². The summed E-state index contributed by atoms with van der Waals surface area (Å²) in [5.74, 6) is 1.93. The second kappa shape index (κ2) is 7.09. The standard InChI is InChI=1S/C19H23NO4/c1-13-17(19(21)23-3)10-16(24-13)12-20(15-8-9-15)11-14-6-4-5-7-18(14)22-2/h4-7,10,15H,8-9,11-12H2,1-3H3. The maximum Gasteiger partial charge on any atom is 0.341 e. The number of methoxy groups -OCH3 is 2. The van der Waals surface area contributed by atoms with Crippen LogP contribution in [0.25, 0.3) is 0 Å². The fraction of sp³-hybridized carbons (Fsp3) is 0.421. The summed E-state index contributed by atoms with van der Waals surface area (Å²) in [7, 11) is 3.07. The van der Waals surface area contributed by atoms with E-state index < -0.39 is 0 Å². The first-order valence-corrected chi connectivity index (χ1v) is 8.16. The summed E-state index contributed by atoms with van der Waals surface area (Å²) in [5.41, 5.74) is 1.66. The minimum absolute atomic E-state index is 0.356. The summed E-state index contributed by atoms with van der Waals surface area (Å²) < 4.78 is 16.0. The van der Waals surface area contributed by atoms with Gasteiger partial charge in [0.2, 0.25) is 0 Å². The van der Waals surface area contributed by atoms with E-state index in [2.05, 4.69) is 11.0 Å². The molecule has 0 amide bonds. The van der Waals surface area contributed by atoms with Crippen molar-refractivity contribution in [3.05, 3.63) is 53.0 Å². The molecule has 1 aromatic heterocycles. The Bertz CT molecular complexity index is 718. The topological polar surface area (TPSA) is 51.9 Å². The molecule has 0 atom stereocenters. The van der Waals surface area contributed by atoms with Crippen molar-refractivity contribution in [1.29, 1.82) is 0 Å². The second-order valence-corrected chi connectivity index (χ2v) is 6.12. The summed E-state index contributed by atoms with van der Waals surface area (Å²) >= 11 is 0. The number of carbonyl (C=O) groups is 1. The van der Waals surface area contributed by atoms with Gasteiger partial charge in [0.1, 0.15) is 22.8 Å². The first-order valence-electron chi connectivity index (χ1n) is 8.16. The number of furan rings is 1. The average Bonchev–Trinajstić information content (AvgIpc) is 3.37. The number of carbonyl (C=O) groups excluding carboxylic acids is 1. The van der Waals surface area contributed by atoms with Crippen molar-refractivity contribution in [3.63, 3.8) is 0 Å². The van der Waals surface area contributed by atoms with Crippen LogP contribution in [0.3, 0.4) is 0 Å². The molecule has 2 aromatic rings. The summed E-state index contributed by atoms with van der Waals surface area (Å²) in [6.07, 6.45) is 2.39. The van der Waals surface area contributed by atoms with Gasteiger partial charge >= 0.3 is 5.97 Å². The van der Waals surface area contributed by atoms with Gasteiger partial charge in [-0.05, 0) is 31.9 Å². The van der Waals surface area contributed by atoms with Gasteiger partial charge < -0.3 is 13.9 Å². The van der Waals surface area contributed by atoms with E-state index in [0.29, 0.717) is 23.9 Å². The Morgan fingerprint density at radius 3 is 2.67 bits per heavy atom. The Kier molecular flexibility index (Phi) is 4.90. The Morgan fingerprint density at radius 1 is 1.25 bits per heavy atom. The molecule has 0 radical (unpaired) electrons. The van der Waals surface area contributed by atoms with Crippen molar-refractivity contribution in [2.45, 2.75) is 38.9 Å². The number of nitrogens with zero attached hydrogens (tertiary/aromatic N) is 1. The van der Waals surface area contributed by atoms with Gasteiger partial charge in [-0.3, -0.25) is 4.90 Å². The molecule has 1 saturated carbocycles. The normalized spacial score (nSPS) is 14.0. The lowest BCUT2D eigenvalue weighted by atomic mass is 10.1. The van der Waals surface area contributed by atoms with Gasteiger partial charge in [0.05, 0.1) is 20.8 Å². The van der Waals surface area contributed by atoms with Gasteiger partial charge in [0, 0.05) is 18.2 Å². The molecule has 1 fully saturated rings. The molecule has 1 aliphatic carbocycles. The van der Waals surface area contributed by atoms with E-state index in [-0.39, 0.29) is 5.97 Å². The molecule has 0 saturated heterocycles. The third-order valence-corrected chi connectivity index (χ3v) is 4.36. The fourth-order valence-corrected chi connectivity index (χ4v) is 2.94. The molecule has 3 rings (SSSR count). The molecule has 0 N–H and O–H groups in total. The molecule has 1 heterocycles.